The first-order valence-corrected chi connectivity index (χ1v) is 8.78. The molecule has 1 aromatic carbocycles. The Morgan fingerprint density at radius 3 is 2.64 bits per heavy atom. The van der Waals surface area contributed by atoms with E-state index < -0.39 is 0 Å². The molecular weight excluding hydrogens is 316 g/mol. The number of piperidine rings is 1. The second-order valence-corrected chi connectivity index (χ2v) is 6.83. The van der Waals surface area contributed by atoms with Crippen LogP contribution in [0.15, 0.2) is 22.7 Å². The maximum atomic E-state index is 11.4. The fourth-order valence-corrected chi connectivity index (χ4v) is 3.48. The van der Waals surface area contributed by atoms with Crippen molar-refractivity contribution in [3.63, 3.8) is 0 Å². The quantitative estimate of drug-likeness (QED) is 0.834. The van der Waals surface area contributed by atoms with Gasteiger partial charge in [-0.05, 0) is 50.3 Å². The van der Waals surface area contributed by atoms with E-state index in [0.717, 1.165) is 66.4 Å². The van der Waals surface area contributed by atoms with Crippen LogP contribution in [0.1, 0.15) is 31.2 Å². The number of nitrogens with one attached hydrogen (secondary N) is 1. The lowest BCUT2D eigenvalue weighted by Crippen LogP contribution is -2.38. The van der Waals surface area contributed by atoms with Crippen LogP contribution in [-0.4, -0.2) is 35.6 Å². The molecule has 3 rings (SSSR count). The van der Waals surface area contributed by atoms with Crippen LogP contribution in [0.5, 0.6) is 0 Å². The summed E-state index contributed by atoms with van der Waals surface area (Å²) in [6, 6.07) is 6.03. The maximum Gasteiger partial charge on any atom is 0.219 e. The summed E-state index contributed by atoms with van der Waals surface area (Å²) in [4.78, 5) is 13.3. The van der Waals surface area contributed by atoms with Crippen molar-refractivity contribution in [1.29, 1.82) is 0 Å². The number of carbonyl (C=O) groups is 1. The standard InChI is InChI=1S/C19H26N4O2/c1-12-19(13(2)25-22-12)16-4-5-18(17(20)10-16)21-11-15-6-8-23(9-7-15)14(3)24/h4-5,10,15,21H,6-9,11,20H2,1-3H3. The van der Waals surface area contributed by atoms with Crippen molar-refractivity contribution in [2.75, 3.05) is 30.7 Å². The molecule has 0 spiro atoms. The number of amides is 1. The zero-order chi connectivity index (χ0) is 18.0. The van der Waals surface area contributed by atoms with Crippen LogP contribution in [0.2, 0.25) is 0 Å². The molecule has 0 bridgehead atoms. The Morgan fingerprint density at radius 2 is 2.08 bits per heavy atom. The molecule has 2 heterocycles. The van der Waals surface area contributed by atoms with Crippen LogP contribution in [0.25, 0.3) is 11.1 Å². The van der Waals surface area contributed by atoms with E-state index in [9.17, 15) is 4.79 Å². The van der Waals surface area contributed by atoms with Crippen molar-refractivity contribution in [2.45, 2.75) is 33.6 Å². The highest BCUT2D eigenvalue weighted by Gasteiger charge is 2.20. The van der Waals surface area contributed by atoms with Gasteiger partial charge in [-0.1, -0.05) is 11.2 Å². The predicted molar refractivity (Wildman–Crippen MR) is 99.3 cm³/mol. The number of likely N-dealkylation sites (tertiary alicyclic amines) is 1. The number of hydrogen-bond acceptors (Lipinski definition) is 5. The van der Waals surface area contributed by atoms with E-state index in [4.69, 9.17) is 10.3 Å². The molecule has 0 unspecified atom stereocenters. The van der Waals surface area contributed by atoms with Gasteiger partial charge >= 0.3 is 0 Å². The number of carbonyl (C=O) groups excluding carboxylic acids is 1. The normalized spacial score (nSPS) is 15.4. The highest BCUT2D eigenvalue weighted by atomic mass is 16.5. The topological polar surface area (TPSA) is 84.4 Å². The van der Waals surface area contributed by atoms with Gasteiger partial charge in [0.1, 0.15) is 5.76 Å². The molecule has 0 atom stereocenters. The minimum atomic E-state index is 0.172. The molecule has 1 amide bonds. The van der Waals surface area contributed by atoms with Gasteiger partial charge in [0.25, 0.3) is 0 Å². The molecule has 1 aliphatic heterocycles. The number of aryl methyl sites for hydroxylation is 2. The predicted octanol–water partition coefficient (Wildman–Crippen LogP) is 3.21. The fraction of sp³-hybridized carbons (Fsp3) is 0.474. The lowest BCUT2D eigenvalue weighted by Gasteiger charge is -2.31. The third kappa shape index (κ3) is 3.78. The molecule has 25 heavy (non-hydrogen) atoms. The van der Waals surface area contributed by atoms with Crippen molar-refractivity contribution in [1.82, 2.24) is 10.1 Å². The van der Waals surface area contributed by atoms with E-state index in [1.165, 1.54) is 0 Å². The first-order valence-electron chi connectivity index (χ1n) is 8.78. The number of benzene rings is 1. The number of nitrogens with two attached hydrogens (primary N) is 1. The minimum Gasteiger partial charge on any atom is -0.397 e. The molecule has 1 saturated heterocycles. The van der Waals surface area contributed by atoms with E-state index in [-0.39, 0.29) is 5.91 Å². The van der Waals surface area contributed by atoms with Gasteiger partial charge in [0.05, 0.1) is 17.1 Å². The maximum absolute atomic E-state index is 11.4. The Bertz CT molecular complexity index is 741. The number of nitrogens with zero attached hydrogens (tertiary/aromatic N) is 2. The molecule has 1 aromatic heterocycles. The van der Waals surface area contributed by atoms with Gasteiger partial charge in [-0.3, -0.25) is 4.79 Å². The molecule has 1 fully saturated rings. The molecule has 0 radical (unpaired) electrons. The van der Waals surface area contributed by atoms with Gasteiger partial charge in [-0.25, -0.2) is 0 Å². The third-order valence-electron chi connectivity index (χ3n) is 5.01. The summed E-state index contributed by atoms with van der Waals surface area (Å²) >= 11 is 0. The summed E-state index contributed by atoms with van der Waals surface area (Å²) in [5.74, 6) is 1.54. The number of aromatic nitrogens is 1. The molecule has 6 heteroatoms. The Balaban J connectivity index is 1.62. The average molecular weight is 342 g/mol. The highest BCUT2D eigenvalue weighted by molar-refractivity contribution is 5.77. The molecule has 2 aromatic rings. The molecule has 6 nitrogen and oxygen atoms in total. The molecule has 3 N–H and O–H groups in total. The van der Waals surface area contributed by atoms with Crippen molar-refractivity contribution in [2.24, 2.45) is 5.92 Å². The summed E-state index contributed by atoms with van der Waals surface area (Å²) in [6.45, 7) is 8.05. The molecular formula is C19H26N4O2. The van der Waals surface area contributed by atoms with Crippen molar-refractivity contribution in [3.8, 4) is 11.1 Å². The van der Waals surface area contributed by atoms with E-state index in [0.29, 0.717) is 5.92 Å². The smallest absolute Gasteiger partial charge is 0.219 e. The van der Waals surface area contributed by atoms with Gasteiger partial charge in [-0.2, -0.15) is 0 Å². The Hall–Kier alpha value is -2.50. The van der Waals surface area contributed by atoms with Gasteiger partial charge in [-0.15, -0.1) is 0 Å². The van der Waals surface area contributed by atoms with E-state index >= 15 is 0 Å². The van der Waals surface area contributed by atoms with Crippen LogP contribution < -0.4 is 11.1 Å². The monoisotopic (exact) mass is 342 g/mol. The summed E-state index contributed by atoms with van der Waals surface area (Å²) in [6.07, 6.45) is 2.06. The first kappa shape index (κ1) is 17.3. The Morgan fingerprint density at radius 1 is 1.36 bits per heavy atom. The van der Waals surface area contributed by atoms with Crippen molar-refractivity contribution < 1.29 is 9.32 Å². The largest absolute Gasteiger partial charge is 0.397 e. The van der Waals surface area contributed by atoms with Crippen LogP contribution in [0, 0.1) is 19.8 Å². The Labute approximate surface area is 148 Å². The number of anilines is 2. The van der Waals surface area contributed by atoms with Crippen molar-refractivity contribution in [3.05, 3.63) is 29.7 Å². The van der Waals surface area contributed by atoms with Gasteiger partial charge in [0, 0.05) is 32.1 Å². The molecule has 134 valence electrons. The zero-order valence-electron chi connectivity index (χ0n) is 15.1. The van der Waals surface area contributed by atoms with E-state index in [2.05, 4.69) is 10.5 Å². The van der Waals surface area contributed by atoms with Crippen LogP contribution in [-0.2, 0) is 4.79 Å². The zero-order valence-corrected chi connectivity index (χ0v) is 15.1. The summed E-state index contributed by atoms with van der Waals surface area (Å²) in [5, 5.41) is 7.46. The fourth-order valence-electron chi connectivity index (χ4n) is 3.48. The van der Waals surface area contributed by atoms with Crippen molar-refractivity contribution >= 4 is 17.3 Å². The van der Waals surface area contributed by atoms with Crippen LogP contribution in [0.3, 0.4) is 0 Å². The van der Waals surface area contributed by atoms with E-state index in [1.54, 1.807) is 6.92 Å². The van der Waals surface area contributed by atoms with E-state index in [1.807, 2.05) is 36.9 Å². The minimum absolute atomic E-state index is 0.172. The summed E-state index contributed by atoms with van der Waals surface area (Å²) < 4.78 is 5.24. The molecule has 1 aliphatic rings. The summed E-state index contributed by atoms with van der Waals surface area (Å²) in [5.41, 5.74) is 10.8. The molecule has 0 saturated carbocycles. The second kappa shape index (κ2) is 7.17. The summed E-state index contributed by atoms with van der Waals surface area (Å²) in [7, 11) is 0. The SMILES string of the molecule is CC(=O)N1CCC(CNc2ccc(-c3c(C)noc3C)cc2N)CC1. The lowest BCUT2D eigenvalue weighted by atomic mass is 9.96. The van der Waals surface area contributed by atoms with Crippen LogP contribution >= 0.6 is 0 Å². The number of rotatable bonds is 4. The first-order chi connectivity index (χ1) is 12.0. The van der Waals surface area contributed by atoms with Gasteiger partial charge in [0.15, 0.2) is 0 Å². The number of hydrogen-bond donors (Lipinski definition) is 2. The van der Waals surface area contributed by atoms with Crippen LogP contribution in [0.4, 0.5) is 11.4 Å². The lowest BCUT2D eigenvalue weighted by molar-refractivity contribution is -0.130. The third-order valence-corrected chi connectivity index (χ3v) is 5.01. The van der Waals surface area contributed by atoms with Gasteiger partial charge < -0.3 is 20.5 Å². The average Bonchev–Trinajstić information content (AvgIpc) is 2.93. The highest BCUT2D eigenvalue weighted by Crippen LogP contribution is 2.31. The number of nitrogen functional groups attached to an aromatic ring is 1. The van der Waals surface area contributed by atoms with Gasteiger partial charge in [0.2, 0.25) is 5.91 Å². The molecule has 0 aliphatic carbocycles. The second-order valence-electron chi connectivity index (χ2n) is 6.83. The Kier molecular flexibility index (Phi) is 4.97.